The van der Waals surface area contributed by atoms with Crippen LogP contribution in [0.2, 0.25) is 0 Å². The van der Waals surface area contributed by atoms with Gasteiger partial charge >= 0.3 is 5.97 Å². The number of hydrogen-bond donors (Lipinski definition) is 0. The molecule has 0 amide bonds. The first-order valence-electron chi connectivity index (χ1n) is 11.7. The highest BCUT2D eigenvalue weighted by Gasteiger charge is 2.32. The van der Waals surface area contributed by atoms with Crippen LogP contribution in [-0.4, -0.2) is 38.4 Å². The SMILES string of the molecule is CCCOc1ccc(/C=C/C(=O)Oc2ccc(C=C3C(=O)c4ccccc4C3=O)cc2OC)cc1OC. The van der Waals surface area contributed by atoms with Crippen LogP contribution >= 0.6 is 0 Å². The molecule has 0 heterocycles. The number of ether oxygens (including phenoxy) is 4. The van der Waals surface area contributed by atoms with E-state index in [2.05, 4.69) is 0 Å². The fourth-order valence-electron chi connectivity index (χ4n) is 3.85. The van der Waals surface area contributed by atoms with E-state index in [1.54, 1.807) is 67.8 Å². The molecule has 0 spiro atoms. The van der Waals surface area contributed by atoms with Crippen molar-refractivity contribution in [1.82, 2.24) is 0 Å². The van der Waals surface area contributed by atoms with E-state index in [0.717, 1.165) is 12.0 Å². The molecule has 7 heteroatoms. The highest BCUT2D eigenvalue weighted by Crippen LogP contribution is 2.32. The molecule has 1 aliphatic rings. The Hall–Kier alpha value is -4.65. The second-order valence-electron chi connectivity index (χ2n) is 8.19. The van der Waals surface area contributed by atoms with Crippen LogP contribution in [-0.2, 0) is 4.79 Å². The summed E-state index contributed by atoms with van der Waals surface area (Å²) < 4.78 is 21.8. The molecule has 0 saturated carbocycles. The Morgan fingerprint density at radius 2 is 1.38 bits per heavy atom. The van der Waals surface area contributed by atoms with Gasteiger partial charge in [-0.05, 0) is 54.0 Å². The zero-order valence-electron chi connectivity index (χ0n) is 20.8. The molecule has 7 nitrogen and oxygen atoms in total. The maximum absolute atomic E-state index is 12.7. The third-order valence-corrected chi connectivity index (χ3v) is 5.68. The molecule has 3 aromatic rings. The number of carbonyl (C=O) groups is 3. The molecule has 0 N–H and O–H groups in total. The maximum Gasteiger partial charge on any atom is 0.336 e. The molecule has 0 saturated heterocycles. The van der Waals surface area contributed by atoms with Crippen molar-refractivity contribution in [1.29, 1.82) is 0 Å². The fraction of sp³-hybridized carbons (Fsp3) is 0.167. The summed E-state index contributed by atoms with van der Waals surface area (Å²) in [5, 5.41) is 0. The predicted molar refractivity (Wildman–Crippen MR) is 140 cm³/mol. The third kappa shape index (κ3) is 5.62. The lowest BCUT2D eigenvalue weighted by Gasteiger charge is -2.10. The lowest BCUT2D eigenvalue weighted by atomic mass is 10.1. The fourth-order valence-corrected chi connectivity index (χ4v) is 3.85. The van der Waals surface area contributed by atoms with Crippen molar-refractivity contribution >= 4 is 29.7 Å². The van der Waals surface area contributed by atoms with Crippen molar-refractivity contribution in [2.24, 2.45) is 0 Å². The second-order valence-corrected chi connectivity index (χ2v) is 8.19. The van der Waals surface area contributed by atoms with Crippen LogP contribution in [0.25, 0.3) is 12.2 Å². The minimum atomic E-state index is -0.605. The molecule has 0 unspecified atom stereocenters. The zero-order valence-corrected chi connectivity index (χ0v) is 20.8. The van der Waals surface area contributed by atoms with Gasteiger partial charge in [-0.25, -0.2) is 4.79 Å². The van der Waals surface area contributed by atoms with Gasteiger partial charge < -0.3 is 18.9 Å². The largest absolute Gasteiger partial charge is 0.493 e. The van der Waals surface area contributed by atoms with E-state index in [-0.39, 0.29) is 28.6 Å². The normalized spacial score (nSPS) is 12.5. The molecule has 0 fully saturated rings. The third-order valence-electron chi connectivity index (χ3n) is 5.68. The maximum atomic E-state index is 12.7. The smallest absolute Gasteiger partial charge is 0.336 e. The van der Waals surface area contributed by atoms with Gasteiger partial charge in [0.05, 0.1) is 26.4 Å². The highest BCUT2D eigenvalue weighted by molar-refractivity contribution is 6.41. The average Bonchev–Trinajstić information content (AvgIpc) is 3.16. The minimum absolute atomic E-state index is 0.0810. The molecule has 0 aromatic heterocycles. The van der Waals surface area contributed by atoms with Crippen molar-refractivity contribution < 1.29 is 33.3 Å². The molecule has 0 bridgehead atoms. The van der Waals surface area contributed by atoms with Crippen LogP contribution in [0.3, 0.4) is 0 Å². The van der Waals surface area contributed by atoms with Crippen molar-refractivity contribution in [3.8, 4) is 23.0 Å². The van der Waals surface area contributed by atoms with E-state index in [4.69, 9.17) is 18.9 Å². The average molecular weight is 499 g/mol. The van der Waals surface area contributed by atoms with Crippen molar-refractivity contribution in [3.05, 3.63) is 94.6 Å². The molecule has 3 aromatic carbocycles. The highest BCUT2D eigenvalue weighted by atomic mass is 16.6. The minimum Gasteiger partial charge on any atom is -0.493 e. The van der Waals surface area contributed by atoms with Gasteiger partial charge in [-0.2, -0.15) is 0 Å². The van der Waals surface area contributed by atoms with Crippen LogP contribution < -0.4 is 18.9 Å². The summed E-state index contributed by atoms with van der Waals surface area (Å²) in [4.78, 5) is 37.8. The van der Waals surface area contributed by atoms with Gasteiger partial charge in [0.2, 0.25) is 0 Å². The monoisotopic (exact) mass is 498 g/mol. The first kappa shape index (κ1) is 25.4. The Morgan fingerprint density at radius 3 is 2.03 bits per heavy atom. The lowest BCUT2D eigenvalue weighted by Crippen LogP contribution is -2.05. The molecular formula is C30H26O7. The summed E-state index contributed by atoms with van der Waals surface area (Å²) in [7, 11) is 2.99. The zero-order chi connectivity index (χ0) is 26.4. The number of carbonyl (C=O) groups excluding carboxylic acids is 3. The van der Waals surface area contributed by atoms with E-state index < -0.39 is 5.97 Å². The Morgan fingerprint density at radius 1 is 0.784 bits per heavy atom. The lowest BCUT2D eigenvalue weighted by molar-refractivity contribution is -0.129. The Kier molecular flexibility index (Phi) is 7.83. The Balaban J connectivity index is 1.48. The van der Waals surface area contributed by atoms with E-state index >= 15 is 0 Å². The number of rotatable bonds is 9. The molecule has 37 heavy (non-hydrogen) atoms. The van der Waals surface area contributed by atoms with Gasteiger partial charge in [0.25, 0.3) is 0 Å². The first-order valence-corrected chi connectivity index (χ1v) is 11.7. The number of methoxy groups -OCH3 is 2. The van der Waals surface area contributed by atoms with Crippen LogP contribution in [0.5, 0.6) is 23.0 Å². The quantitative estimate of drug-likeness (QED) is 0.165. The number of esters is 1. The van der Waals surface area contributed by atoms with Gasteiger partial charge in [0, 0.05) is 17.2 Å². The van der Waals surface area contributed by atoms with Gasteiger partial charge in [-0.3, -0.25) is 9.59 Å². The Bertz CT molecular complexity index is 1380. The summed E-state index contributed by atoms with van der Waals surface area (Å²) in [6.07, 6.45) is 5.29. The first-order chi connectivity index (χ1) is 17.9. The van der Waals surface area contributed by atoms with Crippen molar-refractivity contribution in [2.75, 3.05) is 20.8 Å². The summed E-state index contributed by atoms with van der Waals surface area (Å²) in [5.74, 6) is 0.444. The molecule has 1 aliphatic carbocycles. The summed E-state index contributed by atoms with van der Waals surface area (Å²) in [5.41, 5.74) is 2.16. The summed E-state index contributed by atoms with van der Waals surface area (Å²) >= 11 is 0. The van der Waals surface area contributed by atoms with Crippen LogP contribution in [0.1, 0.15) is 45.2 Å². The van der Waals surface area contributed by atoms with E-state index in [1.165, 1.54) is 19.3 Å². The predicted octanol–water partition coefficient (Wildman–Crippen LogP) is 5.57. The number of fused-ring (bicyclic) bond motifs is 1. The van der Waals surface area contributed by atoms with Crippen LogP contribution in [0, 0.1) is 0 Å². The number of Topliss-reactive ketones (excluding diaryl/α,β-unsaturated/α-hetero) is 2. The molecular weight excluding hydrogens is 472 g/mol. The number of benzene rings is 3. The second kappa shape index (κ2) is 11.4. The van der Waals surface area contributed by atoms with Crippen LogP contribution in [0.4, 0.5) is 0 Å². The number of allylic oxidation sites excluding steroid dienone is 1. The van der Waals surface area contributed by atoms with Crippen molar-refractivity contribution in [3.63, 3.8) is 0 Å². The molecule has 0 radical (unpaired) electrons. The summed E-state index contributed by atoms with van der Waals surface area (Å²) in [6, 6.07) is 16.9. The number of hydrogen-bond acceptors (Lipinski definition) is 7. The van der Waals surface area contributed by atoms with Crippen molar-refractivity contribution in [2.45, 2.75) is 13.3 Å². The van der Waals surface area contributed by atoms with E-state index in [1.807, 2.05) is 13.0 Å². The van der Waals surface area contributed by atoms with Gasteiger partial charge in [-0.15, -0.1) is 0 Å². The van der Waals surface area contributed by atoms with Gasteiger partial charge in [0.15, 0.2) is 34.6 Å². The van der Waals surface area contributed by atoms with E-state index in [0.29, 0.717) is 34.8 Å². The molecule has 188 valence electrons. The molecule has 0 atom stereocenters. The topological polar surface area (TPSA) is 88.1 Å². The van der Waals surface area contributed by atoms with Crippen LogP contribution in [0.15, 0.2) is 72.3 Å². The number of ketones is 2. The van der Waals surface area contributed by atoms with Gasteiger partial charge in [0.1, 0.15) is 0 Å². The standard InChI is InChI=1S/C30H26O7/c1-4-15-36-24-12-9-19(17-26(24)34-2)11-14-28(31)37-25-13-10-20(18-27(25)35-3)16-23-29(32)21-7-5-6-8-22(21)30(23)33/h5-14,16-18H,4,15H2,1-3H3/b14-11+. The van der Waals surface area contributed by atoms with E-state index in [9.17, 15) is 14.4 Å². The molecule has 0 aliphatic heterocycles. The summed E-state index contributed by atoms with van der Waals surface area (Å²) in [6.45, 7) is 2.60. The molecule has 4 rings (SSSR count). The Labute approximate surface area is 214 Å². The van der Waals surface area contributed by atoms with Gasteiger partial charge in [-0.1, -0.05) is 43.3 Å².